The Morgan fingerprint density at radius 1 is 1.57 bits per heavy atom. The number of alkyl halides is 1. The molecule has 2 rings (SSSR count). The summed E-state index contributed by atoms with van der Waals surface area (Å²) in [6.07, 6.45) is 4.65. The molecule has 0 radical (unpaired) electrons. The van der Waals surface area contributed by atoms with Gasteiger partial charge in [-0.1, -0.05) is 22.6 Å². The Labute approximate surface area is 98.3 Å². The summed E-state index contributed by atoms with van der Waals surface area (Å²) in [4.78, 5) is 13.5. The number of fused-ring (bicyclic) bond motifs is 1. The second-order valence-corrected chi connectivity index (χ2v) is 5.20. The van der Waals surface area contributed by atoms with Crippen molar-refractivity contribution in [2.45, 2.75) is 50.8 Å². The quantitative estimate of drug-likeness (QED) is 0.592. The first-order chi connectivity index (χ1) is 6.74. The van der Waals surface area contributed by atoms with Crippen molar-refractivity contribution in [2.24, 2.45) is 0 Å². The first kappa shape index (κ1) is 10.5. The number of hydrogen-bond acceptors (Lipinski definition) is 2. The lowest BCUT2D eigenvalue weighted by Gasteiger charge is -2.21. The fraction of sp³-hybridized carbons (Fsp3) is 0.900. The molecule has 2 heterocycles. The Hall–Kier alpha value is 0. The van der Waals surface area contributed by atoms with Crippen molar-refractivity contribution in [1.82, 2.24) is 4.90 Å². The number of carbonyl (C=O) groups excluding carboxylic acids is 1. The Kier molecular flexibility index (Phi) is 3.19. The summed E-state index contributed by atoms with van der Waals surface area (Å²) in [5.74, 6) is 0. The summed E-state index contributed by atoms with van der Waals surface area (Å²) >= 11 is 2.39. The Morgan fingerprint density at radius 3 is 3.07 bits per heavy atom. The Balaban J connectivity index is 1.99. The third-order valence-electron chi connectivity index (χ3n) is 3.26. The number of carbonyl (C=O) groups is 1. The van der Waals surface area contributed by atoms with Crippen LogP contribution in [0.3, 0.4) is 0 Å². The van der Waals surface area contributed by atoms with Gasteiger partial charge in [-0.15, -0.1) is 0 Å². The zero-order valence-corrected chi connectivity index (χ0v) is 10.6. The smallest absolute Gasteiger partial charge is 0.410 e. The largest absolute Gasteiger partial charge is 0.444 e. The zero-order chi connectivity index (χ0) is 10.1. The number of ether oxygens (including phenoxy) is 1. The summed E-state index contributed by atoms with van der Waals surface area (Å²) in [7, 11) is 0. The maximum Gasteiger partial charge on any atom is 0.410 e. The molecule has 0 saturated carbocycles. The van der Waals surface area contributed by atoms with Crippen molar-refractivity contribution in [1.29, 1.82) is 0 Å². The molecule has 0 aromatic heterocycles. The molecular weight excluding hydrogens is 293 g/mol. The average Bonchev–Trinajstić information content (AvgIpc) is 2.67. The van der Waals surface area contributed by atoms with Crippen molar-refractivity contribution in [3.8, 4) is 0 Å². The lowest BCUT2D eigenvalue weighted by molar-refractivity contribution is 0.129. The minimum absolute atomic E-state index is 0.0848. The van der Waals surface area contributed by atoms with E-state index < -0.39 is 0 Å². The molecule has 0 aliphatic carbocycles. The van der Waals surface area contributed by atoms with Crippen molar-refractivity contribution < 1.29 is 9.53 Å². The number of amides is 1. The normalized spacial score (nSPS) is 36.0. The van der Waals surface area contributed by atoms with Crippen LogP contribution in [-0.2, 0) is 4.74 Å². The topological polar surface area (TPSA) is 29.5 Å². The van der Waals surface area contributed by atoms with Gasteiger partial charge in [0.2, 0.25) is 0 Å². The molecule has 3 nitrogen and oxygen atoms in total. The van der Waals surface area contributed by atoms with E-state index in [1.54, 1.807) is 0 Å². The number of halogens is 1. The maximum absolute atomic E-state index is 11.5. The van der Waals surface area contributed by atoms with Gasteiger partial charge in [-0.05, 0) is 37.0 Å². The zero-order valence-electron chi connectivity index (χ0n) is 8.41. The number of rotatable bonds is 3. The highest BCUT2D eigenvalue weighted by atomic mass is 127. The van der Waals surface area contributed by atoms with Crippen molar-refractivity contribution in [3.63, 3.8) is 0 Å². The second kappa shape index (κ2) is 4.24. The summed E-state index contributed by atoms with van der Waals surface area (Å²) < 4.78 is 6.40. The molecule has 0 N–H and O–H groups in total. The van der Waals surface area contributed by atoms with Gasteiger partial charge in [0.1, 0.15) is 6.10 Å². The number of hydrogen-bond donors (Lipinski definition) is 0. The van der Waals surface area contributed by atoms with Crippen LogP contribution in [0, 0.1) is 0 Å². The summed E-state index contributed by atoms with van der Waals surface area (Å²) in [5, 5.41) is 0. The molecule has 2 aliphatic heterocycles. The molecule has 3 atom stereocenters. The van der Waals surface area contributed by atoms with Gasteiger partial charge in [0.15, 0.2) is 0 Å². The standard InChI is InChI=1S/C10H16INO2/c1-7-9-5-4-8(3-2-6-11)12(9)10(13)14-7/h7-9H,2-6H2,1H3/t7-,8-,9-/m0/s1. The predicted octanol–water partition coefficient (Wildman–Crippen LogP) is 2.57. The molecule has 1 amide bonds. The van der Waals surface area contributed by atoms with Crippen LogP contribution in [-0.4, -0.2) is 33.6 Å². The molecule has 0 aromatic rings. The molecule has 80 valence electrons. The summed E-state index contributed by atoms with van der Waals surface area (Å²) in [6, 6.07) is 0.814. The predicted molar refractivity (Wildman–Crippen MR) is 62.7 cm³/mol. The van der Waals surface area contributed by atoms with Crippen LogP contribution in [0.15, 0.2) is 0 Å². The van der Waals surface area contributed by atoms with Crippen LogP contribution in [0.4, 0.5) is 4.79 Å². The van der Waals surface area contributed by atoms with Gasteiger partial charge in [-0.25, -0.2) is 4.79 Å². The molecule has 0 unspecified atom stereocenters. The number of cyclic esters (lactones) is 1. The highest BCUT2D eigenvalue weighted by molar-refractivity contribution is 14.1. The van der Waals surface area contributed by atoms with Crippen molar-refractivity contribution in [2.75, 3.05) is 4.43 Å². The molecule has 2 aliphatic rings. The first-order valence-electron chi connectivity index (χ1n) is 5.29. The maximum atomic E-state index is 11.5. The Bertz CT molecular complexity index is 234. The summed E-state index contributed by atoms with van der Waals surface area (Å²) in [5.41, 5.74) is 0. The van der Waals surface area contributed by atoms with E-state index in [2.05, 4.69) is 22.6 Å². The first-order valence-corrected chi connectivity index (χ1v) is 6.81. The van der Waals surface area contributed by atoms with Crippen LogP contribution in [0.25, 0.3) is 0 Å². The van der Waals surface area contributed by atoms with E-state index in [-0.39, 0.29) is 12.2 Å². The van der Waals surface area contributed by atoms with Crippen LogP contribution < -0.4 is 0 Å². The lowest BCUT2D eigenvalue weighted by atomic mass is 10.1. The summed E-state index contributed by atoms with van der Waals surface area (Å²) in [6.45, 7) is 2.00. The Morgan fingerprint density at radius 2 is 2.36 bits per heavy atom. The molecule has 2 fully saturated rings. The molecule has 4 heteroatoms. The van der Waals surface area contributed by atoms with Crippen LogP contribution in [0.2, 0.25) is 0 Å². The van der Waals surface area contributed by atoms with Gasteiger partial charge in [0.25, 0.3) is 0 Å². The third-order valence-corrected chi connectivity index (χ3v) is 4.02. The lowest BCUT2D eigenvalue weighted by Crippen LogP contribution is -2.36. The van der Waals surface area contributed by atoms with Crippen LogP contribution >= 0.6 is 22.6 Å². The third kappa shape index (κ3) is 1.73. The van der Waals surface area contributed by atoms with E-state index in [9.17, 15) is 4.79 Å². The van der Waals surface area contributed by atoms with E-state index in [1.807, 2.05) is 11.8 Å². The van der Waals surface area contributed by atoms with Gasteiger partial charge in [-0.2, -0.15) is 0 Å². The van der Waals surface area contributed by atoms with E-state index in [1.165, 1.54) is 17.3 Å². The molecule has 0 spiro atoms. The highest BCUT2D eigenvalue weighted by Crippen LogP contribution is 2.35. The second-order valence-electron chi connectivity index (χ2n) is 4.13. The van der Waals surface area contributed by atoms with Gasteiger partial charge in [-0.3, -0.25) is 4.90 Å². The van der Waals surface area contributed by atoms with Crippen molar-refractivity contribution in [3.05, 3.63) is 0 Å². The average molecular weight is 309 g/mol. The molecule has 0 bridgehead atoms. The highest BCUT2D eigenvalue weighted by Gasteiger charge is 2.46. The monoisotopic (exact) mass is 309 g/mol. The van der Waals surface area contributed by atoms with E-state index in [0.29, 0.717) is 12.1 Å². The molecule has 0 aromatic carbocycles. The fourth-order valence-corrected chi connectivity index (χ4v) is 2.99. The molecule has 14 heavy (non-hydrogen) atoms. The van der Waals surface area contributed by atoms with E-state index >= 15 is 0 Å². The minimum Gasteiger partial charge on any atom is -0.444 e. The van der Waals surface area contributed by atoms with Crippen LogP contribution in [0.1, 0.15) is 32.6 Å². The van der Waals surface area contributed by atoms with Gasteiger partial charge in [0, 0.05) is 6.04 Å². The van der Waals surface area contributed by atoms with Gasteiger partial charge in [0.05, 0.1) is 6.04 Å². The number of nitrogens with zero attached hydrogens (tertiary/aromatic N) is 1. The van der Waals surface area contributed by atoms with Gasteiger partial charge >= 0.3 is 6.09 Å². The van der Waals surface area contributed by atoms with Gasteiger partial charge < -0.3 is 4.74 Å². The van der Waals surface area contributed by atoms with E-state index in [4.69, 9.17) is 4.74 Å². The molecule has 2 saturated heterocycles. The van der Waals surface area contributed by atoms with Crippen molar-refractivity contribution >= 4 is 28.7 Å². The minimum atomic E-state index is -0.0848. The van der Waals surface area contributed by atoms with E-state index in [0.717, 1.165) is 12.8 Å². The van der Waals surface area contributed by atoms with Crippen LogP contribution in [0.5, 0.6) is 0 Å². The molecular formula is C10H16INO2. The SMILES string of the molecule is C[C@@H]1OC(=O)N2[C@@H](CCCI)CC[C@@H]12. The fourth-order valence-electron chi connectivity index (χ4n) is 2.55.